The van der Waals surface area contributed by atoms with Gasteiger partial charge in [0.05, 0.1) is 12.8 Å². The summed E-state index contributed by atoms with van der Waals surface area (Å²) in [5.74, 6) is 1.71. The first-order valence-electron chi connectivity index (χ1n) is 8.25. The number of benzene rings is 2. The SMILES string of the molecule is CCSc1ccc(C(=O)Nc2nc(-c3ccc(OC)c(C)c3)cs2)cc1. The fourth-order valence-corrected chi connectivity index (χ4v) is 3.92. The van der Waals surface area contributed by atoms with E-state index in [1.165, 1.54) is 11.3 Å². The molecule has 0 atom stereocenters. The summed E-state index contributed by atoms with van der Waals surface area (Å²) in [5.41, 5.74) is 3.52. The van der Waals surface area contributed by atoms with Gasteiger partial charge in [-0.2, -0.15) is 0 Å². The Morgan fingerprint density at radius 3 is 2.65 bits per heavy atom. The normalized spacial score (nSPS) is 10.6. The van der Waals surface area contributed by atoms with E-state index in [-0.39, 0.29) is 5.91 Å². The minimum atomic E-state index is -0.148. The molecule has 0 spiro atoms. The van der Waals surface area contributed by atoms with Crippen LogP contribution in [0.5, 0.6) is 5.75 Å². The van der Waals surface area contributed by atoms with Gasteiger partial charge in [0.25, 0.3) is 5.91 Å². The summed E-state index contributed by atoms with van der Waals surface area (Å²) in [4.78, 5) is 18.1. The second-order valence-electron chi connectivity index (χ2n) is 5.63. The van der Waals surface area contributed by atoms with E-state index >= 15 is 0 Å². The number of thiazole rings is 1. The van der Waals surface area contributed by atoms with Crippen LogP contribution in [0.15, 0.2) is 52.7 Å². The number of amides is 1. The Bertz CT molecular complexity index is 904. The number of aromatic nitrogens is 1. The van der Waals surface area contributed by atoms with Gasteiger partial charge in [-0.15, -0.1) is 23.1 Å². The molecule has 1 amide bonds. The maximum Gasteiger partial charge on any atom is 0.257 e. The third kappa shape index (κ3) is 4.26. The molecule has 0 bridgehead atoms. The number of hydrogen-bond acceptors (Lipinski definition) is 5. The van der Waals surface area contributed by atoms with Gasteiger partial charge in [-0.05, 0) is 60.7 Å². The molecule has 2 aromatic carbocycles. The Morgan fingerprint density at radius 2 is 2.00 bits per heavy atom. The molecule has 0 fully saturated rings. The first-order chi connectivity index (χ1) is 12.6. The zero-order valence-corrected chi connectivity index (χ0v) is 16.5. The topological polar surface area (TPSA) is 51.2 Å². The summed E-state index contributed by atoms with van der Waals surface area (Å²) in [6.45, 7) is 4.10. The van der Waals surface area contributed by atoms with Crippen molar-refractivity contribution in [1.29, 1.82) is 0 Å². The molecule has 1 heterocycles. The zero-order chi connectivity index (χ0) is 18.5. The lowest BCUT2D eigenvalue weighted by Gasteiger charge is -2.06. The number of nitrogens with one attached hydrogen (secondary N) is 1. The summed E-state index contributed by atoms with van der Waals surface area (Å²) < 4.78 is 5.29. The van der Waals surface area contributed by atoms with Crippen molar-refractivity contribution >= 4 is 34.1 Å². The summed E-state index contributed by atoms with van der Waals surface area (Å²) >= 11 is 3.17. The average molecular weight is 385 g/mol. The molecule has 0 aliphatic carbocycles. The summed E-state index contributed by atoms with van der Waals surface area (Å²) in [7, 11) is 1.66. The Balaban J connectivity index is 1.71. The molecule has 4 nitrogen and oxygen atoms in total. The quantitative estimate of drug-likeness (QED) is 0.571. The molecule has 1 N–H and O–H groups in total. The minimum Gasteiger partial charge on any atom is -0.496 e. The van der Waals surface area contributed by atoms with Crippen molar-refractivity contribution in [2.75, 3.05) is 18.2 Å². The molecule has 1 aromatic heterocycles. The van der Waals surface area contributed by atoms with Crippen molar-refractivity contribution in [3.63, 3.8) is 0 Å². The highest BCUT2D eigenvalue weighted by molar-refractivity contribution is 7.99. The molecule has 6 heteroatoms. The van der Waals surface area contributed by atoms with E-state index in [0.29, 0.717) is 10.7 Å². The molecule has 0 radical (unpaired) electrons. The van der Waals surface area contributed by atoms with Crippen LogP contribution in [0.1, 0.15) is 22.8 Å². The molecular weight excluding hydrogens is 364 g/mol. The molecule has 0 aliphatic rings. The molecule has 0 saturated carbocycles. The van der Waals surface area contributed by atoms with Crippen LogP contribution in [0, 0.1) is 6.92 Å². The zero-order valence-electron chi connectivity index (χ0n) is 14.9. The molecule has 3 aromatic rings. The summed E-state index contributed by atoms with van der Waals surface area (Å²) in [6.07, 6.45) is 0. The number of nitrogens with zero attached hydrogens (tertiary/aromatic N) is 1. The first kappa shape index (κ1) is 18.5. The minimum absolute atomic E-state index is 0.148. The Labute approximate surface area is 161 Å². The van der Waals surface area contributed by atoms with E-state index in [1.54, 1.807) is 18.9 Å². The van der Waals surface area contributed by atoms with Crippen LogP contribution in [0.25, 0.3) is 11.3 Å². The van der Waals surface area contributed by atoms with Gasteiger partial charge in [0.2, 0.25) is 0 Å². The van der Waals surface area contributed by atoms with E-state index in [4.69, 9.17) is 4.74 Å². The number of carbonyl (C=O) groups is 1. The highest BCUT2D eigenvalue weighted by Crippen LogP contribution is 2.29. The van der Waals surface area contributed by atoms with Crippen molar-refractivity contribution in [3.05, 3.63) is 59.0 Å². The van der Waals surface area contributed by atoms with Crippen molar-refractivity contribution in [1.82, 2.24) is 4.98 Å². The predicted molar refractivity (Wildman–Crippen MR) is 110 cm³/mol. The lowest BCUT2D eigenvalue weighted by Crippen LogP contribution is -2.11. The monoisotopic (exact) mass is 384 g/mol. The van der Waals surface area contributed by atoms with Crippen LogP contribution in [0.4, 0.5) is 5.13 Å². The number of methoxy groups -OCH3 is 1. The van der Waals surface area contributed by atoms with Gasteiger partial charge in [0.15, 0.2) is 5.13 Å². The number of aryl methyl sites for hydroxylation is 1. The van der Waals surface area contributed by atoms with Crippen LogP contribution in [0.2, 0.25) is 0 Å². The van der Waals surface area contributed by atoms with Gasteiger partial charge in [0, 0.05) is 21.4 Å². The molecule has 26 heavy (non-hydrogen) atoms. The van der Waals surface area contributed by atoms with Gasteiger partial charge in [-0.3, -0.25) is 10.1 Å². The van der Waals surface area contributed by atoms with Crippen molar-refractivity contribution in [2.45, 2.75) is 18.7 Å². The van der Waals surface area contributed by atoms with E-state index < -0.39 is 0 Å². The van der Waals surface area contributed by atoms with Gasteiger partial charge in [-0.1, -0.05) is 6.92 Å². The number of anilines is 1. The second kappa shape index (κ2) is 8.38. The lowest BCUT2D eigenvalue weighted by atomic mass is 10.1. The number of thioether (sulfide) groups is 1. The van der Waals surface area contributed by atoms with E-state index in [9.17, 15) is 4.79 Å². The second-order valence-corrected chi connectivity index (χ2v) is 7.83. The molecule has 0 aliphatic heterocycles. The smallest absolute Gasteiger partial charge is 0.257 e. The third-order valence-corrected chi connectivity index (χ3v) is 5.49. The van der Waals surface area contributed by atoms with Crippen LogP contribution in [-0.2, 0) is 0 Å². The molecule has 134 valence electrons. The fraction of sp³-hybridized carbons (Fsp3) is 0.200. The maximum atomic E-state index is 12.4. The van der Waals surface area contributed by atoms with Gasteiger partial charge < -0.3 is 4.74 Å². The molecular formula is C20H20N2O2S2. The Morgan fingerprint density at radius 1 is 1.23 bits per heavy atom. The van der Waals surface area contributed by atoms with E-state index in [2.05, 4.69) is 17.2 Å². The van der Waals surface area contributed by atoms with Crippen LogP contribution >= 0.6 is 23.1 Å². The Kier molecular flexibility index (Phi) is 5.96. The number of hydrogen-bond donors (Lipinski definition) is 1. The van der Waals surface area contributed by atoms with Gasteiger partial charge in [0.1, 0.15) is 5.75 Å². The number of ether oxygens (including phenoxy) is 1. The standard InChI is InChI=1S/C20H20N2O2S2/c1-4-25-16-8-5-14(6-9-16)19(23)22-20-21-17(12-26-20)15-7-10-18(24-3)13(2)11-15/h5-12H,4H2,1-3H3,(H,21,22,23). The van der Waals surface area contributed by atoms with Gasteiger partial charge >= 0.3 is 0 Å². The van der Waals surface area contributed by atoms with Crippen molar-refractivity contribution in [3.8, 4) is 17.0 Å². The van der Waals surface area contributed by atoms with Crippen LogP contribution < -0.4 is 10.1 Å². The molecule has 0 saturated heterocycles. The molecule has 0 unspecified atom stereocenters. The first-order valence-corrected chi connectivity index (χ1v) is 10.1. The van der Waals surface area contributed by atoms with Crippen molar-refractivity contribution < 1.29 is 9.53 Å². The average Bonchev–Trinajstić information content (AvgIpc) is 3.11. The van der Waals surface area contributed by atoms with Crippen molar-refractivity contribution in [2.24, 2.45) is 0 Å². The van der Waals surface area contributed by atoms with Crippen LogP contribution in [-0.4, -0.2) is 23.8 Å². The fourth-order valence-electron chi connectivity index (χ4n) is 2.54. The largest absolute Gasteiger partial charge is 0.496 e. The summed E-state index contributed by atoms with van der Waals surface area (Å²) in [6, 6.07) is 13.6. The Hall–Kier alpha value is -2.31. The number of carbonyl (C=O) groups excluding carboxylic acids is 1. The van der Waals surface area contributed by atoms with E-state index in [0.717, 1.165) is 33.2 Å². The lowest BCUT2D eigenvalue weighted by molar-refractivity contribution is 0.102. The third-order valence-electron chi connectivity index (χ3n) is 3.84. The predicted octanol–water partition coefficient (Wildman–Crippen LogP) is 5.49. The van der Waals surface area contributed by atoms with Crippen LogP contribution in [0.3, 0.4) is 0 Å². The number of rotatable bonds is 6. The van der Waals surface area contributed by atoms with Gasteiger partial charge in [-0.25, -0.2) is 4.98 Å². The maximum absolute atomic E-state index is 12.4. The molecule has 3 rings (SSSR count). The highest BCUT2D eigenvalue weighted by Gasteiger charge is 2.11. The highest BCUT2D eigenvalue weighted by atomic mass is 32.2. The van der Waals surface area contributed by atoms with E-state index in [1.807, 2.05) is 54.8 Å². The summed E-state index contributed by atoms with van der Waals surface area (Å²) in [5, 5.41) is 5.40.